The zero-order chi connectivity index (χ0) is 11.5. The Kier molecular flexibility index (Phi) is 3.62. The van der Waals surface area contributed by atoms with Crippen LogP contribution in [0.5, 0.6) is 0 Å². The van der Waals surface area contributed by atoms with Gasteiger partial charge in [0.25, 0.3) is 0 Å². The minimum absolute atomic E-state index is 0.529. The Labute approximate surface area is 98.4 Å². The standard InChI is InChI=1S/C14H22N2/c1-3-11-6-4-5-7-13(11)14-12(10-15)8-9-16(14)2/h4-7,12,14H,3,8-10,15H2,1-2H3. The molecule has 0 bridgehead atoms. The second-order valence-corrected chi connectivity index (χ2v) is 4.76. The van der Waals surface area contributed by atoms with Gasteiger partial charge in [0.05, 0.1) is 0 Å². The SMILES string of the molecule is CCc1ccccc1C1C(CN)CCN1C. The van der Waals surface area contributed by atoms with Gasteiger partial charge >= 0.3 is 0 Å². The fourth-order valence-corrected chi connectivity index (χ4v) is 2.91. The van der Waals surface area contributed by atoms with E-state index in [2.05, 4.69) is 43.1 Å². The third-order valence-corrected chi connectivity index (χ3v) is 3.83. The van der Waals surface area contributed by atoms with E-state index in [1.54, 1.807) is 0 Å². The molecule has 1 aromatic rings. The van der Waals surface area contributed by atoms with E-state index in [1.165, 1.54) is 24.1 Å². The van der Waals surface area contributed by atoms with Crippen molar-refractivity contribution in [1.82, 2.24) is 4.90 Å². The number of likely N-dealkylation sites (tertiary alicyclic amines) is 1. The van der Waals surface area contributed by atoms with E-state index in [-0.39, 0.29) is 0 Å². The predicted octanol–water partition coefficient (Wildman–Crippen LogP) is 2.20. The molecule has 2 rings (SSSR count). The third kappa shape index (κ3) is 2.00. The zero-order valence-corrected chi connectivity index (χ0v) is 10.3. The van der Waals surface area contributed by atoms with Crippen molar-refractivity contribution < 1.29 is 0 Å². The van der Waals surface area contributed by atoms with E-state index < -0.39 is 0 Å². The third-order valence-electron chi connectivity index (χ3n) is 3.83. The number of aryl methyl sites for hydroxylation is 1. The molecule has 1 saturated heterocycles. The Morgan fingerprint density at radius 2 is 2.12 bits per heavy atom. The quantitative estimate of drug-likeness (QED) is 0.842. The predicted molar refractivity (Wildman–Crippen MR) is 68.4 cm³/mol. The van der Waals surface area contributed by atoms with Crippen LogP contribution in [0.1, 0.15) is 30.5 Å². The highest BCUT2D eigenvalue weighted by Crippen LogP contribution is 2.36. The first-order valence-electron chi connectivity index (χ1n) is 6.26. The first-order valence-corrected chi connectivity index (χ1v) is 6.26. The van der Waals surface area contributed by atoms with E-state index in [0.717, 1.165) is 13.0 Å². The molecule has 0 spiro atoms. The van der Waals surface area contributed by atoms with Crippen molar-refractivity contribution in [3.63, 3.8) is 0 Å². The monoisotopic (exact) mass is 218 g/mol. The Hall–Kier alpha value is -0.860. The molecule has 0 amide bonds. The van der Waals surface area contributed by atoms with Gasteiger partial charge in [-0.3, -0.25) is 4.90 Å². The van der Waals surface area contributed by atoms with Crippen LogP contribution in [0.15, 0.2) is 24.3 Å². The van der Waals surface area contributed by atoms with Crippen molar-refractivity contribution in [3.05, 3.63) is 35.4 Å². The largest absolute Gasteiger partial charge is 0.330 e. The average molecular weight is 218 g/mol. The molecule has 1 aliphatic heterocycles. The molecule has 1 fully saturated rings. The highest BCUT2D eigenvalue weighted by atomic mass is 15.2. The van der Waals surface area contributed by atoms with Crippen LogP contribution in [0.2, 0.25) is 0 Å². The van der Waals surface area contributed by atoms with Gasteiger partial charge in [-0.2, -0.15) is 0 Å². The average Bonchev–Trinajstić information content (AvgIpc) is 2.70. The van der Waals surface area contributed by atoms with Gasteiger partial charge < -0.3 is 5.73 Å². The van der Waals surface area contributed by atoms with E-state index in [9.17, 15) is 0 Å². The van der Waals surface area contributed by atoms with Crippen molar-refractivity contribution in [3.8, 4) is 0 Å². The second kappa shape index (κ2) is 4.98. The van der Waals surface area contributed by atoms with Crippen LogP contribution in [0.3, 0.4) is 0 Å². The molecule has 1 heterocycles. The molecule has 0 saturated carbocycles. The molecule has 1 aliphatic rings. The minimum Gasteiger partial charge on any atom is -0.330 e. The fraction of sp³-hybridized carbons (Fsp3) is 0.571. The molecule has 2 nitrogen and oxygen atoms in total. The van der Waals surface area contributed by atoms with Crippen LogP contribution in [-0.2, 0) is 6.42 Å². The highest BCUT2D eigenvalue weighted by Gasteiger charge is 2.32. The first-order chi connectivity index (χ1) is 7.77. The number of nitrogens with zero attached hydrogens (tertiary/aromatic N) is 1. The summed E-state index contributed by atoms with van der Waals surface area (Å²) in [6, 6.07) is 9.33. The Morgan fingerprint density at radius 1 is 1.38 bits per heavy atom. The molecule has 0 aliphatic carbocycles. The lowest BCUT2D eigenvalue weighted by Gasteiger charge is -2.26. The Bertz CT molecular complexity index is 348. The molecule has 1 aromatic carbocycles. The highest BCUT2D eigenvalue weighted by molar-refractivity contribution is 5.31. The van der Waals surface area contributed by atoms with Crippen molar-refractivity contribution in [2.45, 2.75) is 25.8 Å². The normalized spacial score (nSPS) is 26.2. The maximum atomic E-state index is 5.89. The lowest BCUT2D eigenvalue weighted by molar-refractivity contribution is 0.278. The van der Waals surface area contributed by atoms with Gasteiger partial charge in [0.2, 0.25) is 0 Å². The fourth-order valence-electron chi connectivity index (χ4n) is 2.91. The number of rotatable bonds is 3. The summed E-state index contributed by atoms with van der Waals surface area (Å²) in [5.41, 5.74) is 8.85. The van der Waals surface area contributed by atoms with Crippen LogP contribution in [0.4, 0.5) is 0 Å². The molecular formula is C14H22N2. The maximum absolute atomic E-state index is 5.89. The van der Waals surface area contributed by atoms with Crippen LogP contribution in [0.25, 0.3) is 0 Å². The Balaban J connectivity index is 2.34. The molecule has 0 aromatic heterocycles. The first kappa shape index (κ1) is 11.6. The summed E-state index contributed by atoms with van der Waals surface area (Å²) in [4.78, 5) is 2.45. The molecule has 88 valence electrons. The number of hydrogen-bond acceptors (Lipinski definition) is 2. The summed E-state index contributed by atoms with van der Waals surface area (Å²) in [7, 11) is 2.22. The molecule has 2 atom stereocenters. The molecular weight excluding hydrogens is 196 g/mol. The summed E-state index contributed by atoms with van der Waals surface area (Å²) < 4.78 is 0. The summed E-state index contributed by atoms with van der Waals surface area (Å²) in [5, 5.41) is 0. The van der Waals surface area contributed by atoms with Crippen molar-refractivity contribution >= 4 is 0 Å². The minimum atomic E-state index is 0.529. The van der Waals surface area contributed by atoms with Crippen molar-refractivity contribution in [2.24, 2.45) is 11.7 Å². The van der Waals surface area contributed by atoms with Gasteiger partial charge in [-0.15, -0.1) is 0 Å². The maximum Gasteiger partial charge on any atom is 0.0388 e. The van der Waals surface area contributed by atoms with Crippen molar-refractivity contribution in [1.29, 1.82) is 0 Å². The van der Waals surface area contributed by atoms with Gasteiger partial charge in [-0.05, 0) is 50.0 Å². The zero-order valence-electron chi connectivity index (χ0n) is 10.3. The van der Waals surface area contributed by atoms with Gasteiger partial charge in [0.1, 0.15) is 0 Å². The van der Waals surface area contributed by atoms with Gasteiger partial charge in [0, 0.05) is 6.04 Å². The van der Waals surface area contributed by atoms with E-state index in [1.807, 2.05) is 0 Å². The van der Waals surface area contributed by atoms with E-state index >= 15 is 0 Å². The summed E-state index contributed by atoms with van der Waals surface area (Å²) in [5.74, 6) is 0.623. The van der Waals surface area contributed by atoms with Gasteiger partial charge in [-0.25, -0.2) is 0 Å². The number of hydrogen-bond donors (Lipinski definition) is 1. The number of nitrogens with two attached hydrogens (primary N) is 1. The summed E-state index contributed by atoms with van der Waals surface area (Å²) in [6.45, 7) is 4.20. The molecule has 2 unspecified atom stereocenters. The smallest absolute Gasteiger partial charge is 0.0388 e. The molecule has 2 N–H and O–H groups in total. The molecule has 2 heteroatoms. The van der Waals surface area contributed by atoms with Crippen molar-refractivity contribution in [2.75, 3.05) is 20.1 Å². The summed E-state index contributed by atoms with van der Waals surface area (Å²) >= 11 is 0. The van der Waals surface area contributed by atoms with Gasteiger partial charge in [-0.1, -0.05) is 31.2 Å². The number of benzene rings is 1. The van der Waals surface area contributed by atoms with Crippen LogP contribution in [0, 0.1) is 5.92 Å². The van der Waals surface area contributed by atoms with Crippen LogP contribution < -0.4 is 5.73 Å². The Morgan fingerprint density at radius 3 is 2.81 bits per heavy atom. The lowest BCUT2D eigenvalue weighted by Crippen LogP contribution is -2.26. The second-order valence-electron chi connectivity index (χ2n) is 4.76. The summed E-state index contributed by atoms with van der Waals surface area (Å²) in [6.07, 6.45) is 2.34. The topological polar surface area (TPSA) is 29.3 Å². The lowest BCUT2D eigenvalue weighted by atomic mass is 9.90. The molecule has 0 radical (unpaired) electrons. The van der Waals surface area contributed by atoms with E-state index in [0.29, 0.717) is 12.0 Å². The van der Waals surface area contributed by atoms with E-state index in [4.69, 9.17) is 5.73 Å². The van der Waals surface area contributed by atoms with Crippen LogP contribution in [-0.4, -0.2) is 25.0 Å². The van der Waals surface area contributed by atoms with Gasteiger partial charge in [0.15, 0.2) is 0 Å². The molecule has 16 heavy (non-hydrogen) atoms. The van der Waals surface area contributed by atoms with Crippen LogP contribution >= 0.6 is 0 Å².